The molecule has 0 spiro atoms. The Hall–Kier alpha value is -2.30. The lowest BCUT2D eigenvalue weighted by atomic mass is 9.99. The number of aromatic nitrogens is 2. The maximum atomic E-state index is 12.5. The molecule has 3 rings (SSSR count). The Labute approximate surface area is 129 Å². The normalized spacial score (nSPS) is 18.5. The number of likely N-dealkylation sites (tertiary alicyclic amines) is 1. The van der Waals surface area contributed by atoms with Crippen LogP contribution in [-0.2, 0) is 0 Å². The van der Waals surface area contributed by atoms with Crippen molar-refractivity contribution >= 4 is 5.91 Å². The van der Waals surface area contributed by atoms with Crippen molar-refractivity contribution in [3.05, 3.63) is 52.2 Å². The molecule has 22 heavy (non-hydrogen) atoms. The maximum absolute atomic E-state index is 12.5. The zero-order chi connectivity index (χ0) is 15.7. The highest BCUT2D eigenvalue weighted by Gasteiger charge is 2.22. The summed E-state index contributed by atoms with van der Waals surface area (Å²) in [4.78, 5) is 28.9. The number of hydrogen-bond donors (Lipinski definition) is 1. The van der Waals surface area contributed by atoms with Crippen LogP contribution in [-0.4, -0.2) is 33.4 Å². The quantitative estimate of drug-likeness (QED) is 0.925. The van der Waals surface area contributed by atoms with Crippen molar-refractivity contribution in [3.8, 4) is 5.69 Å². The molecule has 1 atom stereocenters. The molecule has 1 N–H and O–H groups in total. The van der Waals surface area contributed by atoms with Crippen molar-refractivity contribution in [3.63, 3.8) is 0 Å². The van der Waals surface area contributed by atoms with Gasteiger partial charge in [-0.1, -0.05) is 6.92 Å². The third kappa shape index (κ3) is 2.71. The van der Waals surface area contributed by atoms with Crippen LogP contribution in [0.2, 0.25) is 0 Å². The van der Waals surface area contributed by atoms with Crippen molar-refractivity contribution < 1.29 is 4.79 Å². The third-order valence-corrected chi connectivity index (χ3v) is 4.28. The molecule has 0 saturated carbocycles. The standard InChI is InChI=1S/C17H21N3O2/c1-12-4-3-9-19(11-12)16(21)14-5-7-15(8-6-14)20-13(2)10-18-17(20)22/h5-8,10,12H,3-4,9,11H2,1-2H3,(H,18,22). The van der Waals surface area contributed by atoms with Crippen LogP contribution in [0.25, 0.3) is 5.69 Å². The fourth-order valence-electron chi connectivity index (χ4n) is 3.09. The van der Waals surface area contributed by atoms with Crippen molar-refractivity contribution in [2.75, 3.05) is 13.1 Å². The van der Waals surface area contributed by atoms with Crippen LogP contribution >= 0.6 is 0 Å². The van der Waals surface area contributed by atoms with E-state index in [1.807, 2.05) is 24.0 Å². The molecule has 1 amide bonds. The lowest BCUT2D eigenvalue weighted by Crippen LogP contribution is -2.39. The second-order valence-electron chi connectivity index (χ2n) is 6.12. The Kier molecular flexibility index (Phi) is 3.88. The highest BCUT2D eigenvalue weighted by atomic mass is 16.2. The van der Waals surface area contributed by atoms with Crippen LogP contribution in [0.1, 0.15) is 35.8 Å². The van der Waals surface area contributed by atoms with Crippen LogP contribution in [0.4, 0.5) is 0 Å². The molecular weight excluding hydrogens is 278 g/mol. The number of amides is 1. The van der Waals surface area contributed by atoms with E-state index < -0.39 is 0 Å². The Morgan fingerprint density at radius 1 is 1.27 bits per heavy atom. The van der Waals surface area contributed by atoms with E-state index in [1.54, 1.807) is 22.9 Å². The van der Waals surface area contributed by atoms with Crippen LogP contribution in [0.3, 0.4) is 0 Å². The Morgan fingerprint density at radius 2 is 2.00 bits per heavy atom. The number of benzene rings is 1. The summed E-state index contributed by atoms with van der Waals surface area (Å²) < 4.78 is 1.59. The highest BCUT2D eigenvalue weighted by molar-refractivity contribution is 5.94. The number of carbonyl (C=O) groups excluding carboxylic acids is 1. The molecule has 2 aromatic rings. The molecule has 1 aliphatic rings. The molecule has 116 valence electrons. The Morgan fingerprint density at radius 3 is 2.59 bits per heavy atom. The lowest BCUT2D eigenvalue weighted by Gasteiger charge is -2.31. The number of imidazole rings is 1. The largest absolute Gasteiger partial charge is 0.338 e. The molecule has 2 heterocycles. The van der Waals surface area contributed by atoms with Crippen molar-refractivity contribution in [1.82, 2.24) is 14.5 Å². The van der Waals surface area contributed by atoms with Gasteiger partial charge in [0.1, 0.15) is 0 Å². The first-order chi connectivity index (χ1) is 10.6. The number of nitrogens with zero attached hydrogens (tertiary/aromatic N) is 2. The summed E-state index contributed by atoms with van der Waals surface area (Å²) in [6.07, 6.45) is 3.94. The second kappa shape index (κ2) is 5.83. The second-order valence-corrected chi connectivity index (χ2v) is 6.12. The monoisotopic (exact) mass is 299 g/mol. The molecule has 1 aromatic heterocycles. The van der Waals surface area contributed by atoms with Gasteiger partial charge >= 0.3 is 5.69 Å². The number of hydrogen-bond acceptors (Lipinski definition) is 2. The van der Waals surface area contributed by atoms with Crippen LogP contribution in [0, 0.1) is 12.8 Å². The fraction of sp³-hybridized carbons (Fsp3) is 0.412. The molecular formula is C17H21N3O2. The first-order valence-electron chi connectivity index (χ1n) is 7.73. The molecule has 0 aliphatic carbocycles. The van der Waals surface area contributed by atoms with Crippen LogP contribution < -0.4 is 5.69 Å². The average Bonchev–Trinajstić information content (AvgIpc) is 2.86. The minimum Gasteiger partial charge on any atom is -0.338 e. The molecule has 5 nitrogen and oxygen atoms in total. The molecule has 1 aromatic carbocycles. The molecule has 0 bridgehead atoms. The van der Waals surface area contributed by atoms with E-state index in [2.05, 4.69) is 11.9 Å². The van der Waals surface area contributed by atoms with Gasteiger partial charge in [-0.2, -0.15) is 0 Å². The lowest BCUT2D eigenvalue weighted by molar-refractivity contribution is 0.0683. The number of aryl methyl sites for hydroxylation is 1. The van der Waals surface area contributed by atoms with E-state index in [1.165, 1.54) is 6.42 Å². The van der Waals surface area contributed by atoms with E-state index in [9.17, 15) is 9.59 Å². The first-order valence-corrected chi connectivity index (χ1v) is 7.73. The molecule has 0 radical (unpaired) electrons. The number of aromatic amines is 1. The van der Waals surface area contributed by atoms with Gasteiger partial charge in [-0.15, -0.1) is 0 Å². The average molecular weight is 299 g/mol. The van der Waals surface area contributed by atoms with Crippen molar-refractivity contribution in [2.45, 2.75) is 26.7 Å². The van der Waals surface area contributed by atoms with Gasteiger partial charge in [-0.25, -0.2) is 4.79 Å². The maximum Gasteiger partial charge on any atom is 0.330 e. The predicted molar refractivity (Wildman–Crippen MR) is 85.4 cm³/mol. The van der Waals surface area contributed by atoms with E-state index in [0.717, 1.165) is 30.9 Å². The van der Waals surface area contributed by atoms with E-state index in [-0.39, 0.29) is 11.6 Å². The van der Waals surface area contributed by atoms with Gasteiger partial charge < -0.3 is 9.88 Å². The summed E-state index contributed by atoms with van der Waals surface area (Å²) in [5.74, 6) is 0.647. The molecule has 1 unspecified atom stereocenters. The molecule has 1 aliphatic heterocycles. The summed E-state index contributed by atoms with van der Waals surface area (Å²) in [6, 6.07) is 7.25. The van der Waals surface area contributed by atoms with E-state index in [4.69, 9.17) is 0 Å². The SMILES string of the molecule is Cc1c[nH]c(=O)n1-c1ccc(C(=O)N2CCCC(C)C2)cc1. The molecule has 5 heteroatoms. The number of piperidine rings is 1. The zero-order valence-electron chi connectivity index (χ0n) is 13.0. The highest BCUT2D eigenvalue weighted by Crippen LogP contribution is 2.18. The number of H-pyrrole nitrogens is 1. The van der Waals surface area contributed by atoms with Crippen molar-refractivity contribution in [1.29, 1.82) is 0 Å². The van der Waals surface area contributed by atoms with Gasteiger partial charge in [-0.3, -0.25) is 9.36 Å². The Balaban J connectivity index is 1.82. The van der Waals surface area contributed by atoms with Crippen LogP contribution in [0.15, 0.2) is 35.3 Å². The summed E-state index contributed by atoms with van der Waals surface area (Å²) >= 11 is 0. The molecule has 1 fully saturated rings. The van der Waals surface area contributed by atoms with Gasteiger partial charge in [0.05, 0.1) is 5.69 Å². The van der Waals surface area contributed by atoms with Gasteiger partial charge in [0.2, 0.25) is 0 Å². The summed E-state index contributed by atoms with van der Waals surface area (Å²) in [5, 5.41) is 0. The first kappa shape index (κ1) is 14.6. The van der Waals surface area contributed by atoms with E-state index in [0.29, 0.717) is 11.5 Å². The molecule has 1 saturated heterocycles. The smallest absolute Gasteiger partial charge is 0.330 e. The minimum absolute atomic E-state index is 0.0798. The van der Waals surface area contributed by atoms with Gasteiger partial charge in [0, 0.05) is 30.5 Å². The van der Waals surface area contributed by atoms with E-state index >= 15 is 0 Å². The van der Waals surface area contributed by atoms with Crippen molar-refractivity contribution in [2.24, 2.45) is 5.92 Å². The topological polar surface area (TPSA) is 58.1 Å². The zero-order valence-corrected chi connectivity index (χ0v) is 13.0. The minimum atomic E-state index is -0.165. The summed E-state index contributed by atoms with van der Waals surface area (Å²) in [5.41, 5.74) is 2.13. The van der Waals surface area contributed by atoms with Crippen LogP contribution in [0.5, 0.6) is 0 Å². The number of rotatable bonds is 2. The third-order valence-electron chi connectivity index (χ3n) is 4.28. The van der Waals surface area contributed by atoms with Gasteiger partial charge in [0.15, 0.2) is 0 Å². The number of nitrogens with one attached hydrogen (secondary N) is 1. The summed E-state index contributed by atoms with van der Waals surface area (Å²) in [7, 11) is 0. The fourth-order valence-corrected chi connectivity index (χ4v) is 3.09. The van der Waals surface area contributed by atoms with Gasteiger partial charge in [0.25, 0.3) is 5.91 Å². The number of carbonyl (C=O) groups is 1. The van der Waals surface area contributed by atoms with Gasteiger partial charge in [-0.05, 0) is 49.9 Å². The Bertz CT molecular complexity index is 727. The predicted octanol–water partition coefficient (Wildman–Crippen LogP) is 2.35. The summed E-state index contributed by atoms with van der Waals surface area (Å²) in [6.45, 7) is 5.72.